The van der Waals surface area contributed by atoms with Gasteiger partial charge >= 0.3 is 0 Å². The smallest absolute Gasteiger partial charge is 0.255 e. The Balaban J connectivity index is 1.47. The van der Waals surface area contributed by atoms with Crippen LogP contribution >= 0.6 is 0 Å². The van der Waals surface area contributed by atoms with E-state index in [0.717, 1.165) is 30.6 Å². The molecule has 2 aliphatic heterocycles. The number of fused-ring (bicyclic) bond motifs is 3. The minimum atomic E-state index is -0.0703. The molecule has 0 spiro atoms. The Hall–Kier alpha value is -2.90. The largest absolute Gasteiger partial charge is 0.361 e. The average molecular weight is 381 g/mol. The fraction of sp³-hybridized carbons (Fsp3) is 0.500. The van der Waals surface area contributed by atoms with Gasteiger partial charge in [-0.2, -0.15) is 0 Å². The monoisotopic (exact) mass is 381 g/mol. The quantitative estimate of drug-likeness (QED) is 0.877. The van der Waals surface area contributed by atoms with E-state index in [0.29, 0.717) is 41.3 Å². The molecular formula is C20H23N5O3. The number of rotatable bonds is 3. The van der Waals surface area contributed by atoms with Gasteiger partial charge in [-0.25, -0.2) is 4.98 Å². The van der Waals surface area contributed by atoms with Crippen molar-refractivity contribution in [2.45, 2.75) is 45.7 Å². The van der Waals surface area contributed by atoms with Crippen LogP contribution in [0.4, 0.5) is 11.5 Å². The number of hydrogen-bond acceptors (Lipinski definition) is 6. The molecular weight excluding hydrogens is 358 g/mol. The predicted molar refractivity (Wildman–Crippen MR) is 102 cm³/mol. The molecule has 4 heterocycles. The van der Waals surface area contributed by atoms with E-state index in [2.05, 4.69) is 15.5 Å². The molecule has 2 fully saturated rings. The van der Waals surface area contributed by atoms with Gasteiger partial charge in [-0.15, -0.1) is 0 Å². The molecule has 1 N–H and O–H groups in total. The Bertz CT molecular complexity index is 949. The van der Waals surface area contributed by atoms with Crippen LogP contribution in [-0.2, 0) is 11.3 Å². The summed E-state index contributed by atoms with van der Waals surface area (Å²) in [6, 6.07) is 2.14. The van der Waals surface area contributed by atoms with Crippen molar-refractivity contribution < 1.29 is 14.1 Å². The number of anilines is 2. The lowest BCUT2D eigenvalue weighted by atomic mass is 10.1. The van der Waals surface area contributed by atoms with E-state index in [4.69, 9.17) is 4.52 Å². The van der Waals surface area contributed by atoms with E-state index in [9.17, 15) is 9.59 Å². The van der Waals surface area contributed by atoms with Crippen molar-refractivity contribution in [2.75, 3.05) is 23.3 Å². The van der Waals surface area contributed by atoms with Crippen LogP contribution in [0.3, 0.4) is 0 Å². The zero-order valence-electron chi connectivity index (χ0n) is 16.1. The number of likely N-dealkylation sites (tertiary alicyclic amines) is 1. The second-order valence-electron chi connectivity index (χ2n) is 8.02. The summed E-state index contributed by atoms with van der Waals surface area (Å²) in [5, 5.41) is 7.03. The number of amides is 2. The minimum absolute atomic E-state index is 0.0119. The first kappa shape index (κ1) is 17.2. The van der Waals surface area contributed by atoms with Crippen LogP contribution in [0.1, 0.15) is 46.6 Å². The summed E-state index contributed by atoms with van der Waals surface area (Å²) >= 11 is 0. The van der Waals surface area contributed by atoms with Crippen LogP contribution in [0.5, 0.6) is 0 Å². The van der Waals surface area contributed by atoms with Crippen LogP contribution < -0.4 is 10.2 Å². The summed E-state index contributed by atoms with van der Waals surface area (Å²) < 4.78 is 5.24. The zero-order valence-corrected chi connectivity index (χ0v) is 16.1. The van der Waals surface area contributed by atoms with E-state index >= 15 is 0 Å². The van der Waals surface area contributed by atoms with Gasteiger partial charge in [0.15, 0.2) is 5.82 Å². The van der Waals surface area contributed by atoms with Gasteiger partial charge in [0, 0.05) is 24.3 Å². The SMILES string of the molecule is Cc1noc(C)c1CN1C(=O)CNc2ncc(C(=O)N3C[C@H]4CC[C@H]3C4)cc21. The van der Waals surface area contributed by atoms with Crippen LogP contribution in [0.15, 0.2) is 16.8 Å². The lowest BCUT2D eigenvalue weighted by Gasteiger charge is -2.31. The zero-order chi connectivity index (χ0) is 19.4. The van der Waals surface area contributed by atoms with Crippen molar-refractivity contribution >= 4 is 23.3 Å². The maximum atomic E-state index is 13.1. The highest BCUT2D eigenvalue weighted by atomic mass is 16.5. The lowest BCUT2D eigenvalue weighted by molar-refractivity contribution is -0.117. The molecule has 146 valence electrons. The third kappa shape index (κ3) is 2.66. The Labute approximate surface area is 162 Å². The summed E-state index contributed by atoms with van der Waals surface area (Å²) in [6.45, 7) is 5.05. The second-order valence-corrected chi connectivity index (χ2v) is 8.02. The number of nitrogens with one attached hydrogen (secondary N) is 1. The Kier molecular flexibility index (Phi) is 3.89. The third-order valence-corrected chi connectivity index (χ3v) is 6.28. The predicted octanol–water partition coefficient (Wildman–Crippen LogP) is 2.27. The number of aryl methyl sites for hydroxylation is 2. The van der Waals surface area contributed by atoms with Gasteiger partial charge < -0.3 is 19.6 Å². The van der Waals surface area contributed by atoms with Gasteiger partial charge in [0.25, 0.3) is 5.91 Å². The maximum Gasteiger partial charge on any atom is 0.255 e. The highest BCUT2D eigenvalue weighted by Crippen LogP contribution is 2.39. The first-order valence-electron chi connectivity index (χ1n) is 9.78. The normalized spacial score (nSPS) is 23.1. The number of pyridine rings is 1. The van der Waals surface area contributed by atoms with Crippen LogP contribution in [0.2, 0.25) is 0 Å². The molecule has 2 aromatic heterocycles. The summed E-state index contributed by atoms with van der Waals surface area (Å²) in [6.07, 6.45) is 5.04. The molecule has 8 heteroatoms. The standard InChI is InChI=1S/C20H23N5O3/c1-11-16(12(2)28-23-11)10-25-17-6-14(7-21-19(17)22-8-18(25)26)20(27)24-9-13-3-4-15(24)5-13/h6-7,13,15H,3-5,8-10H2,1-2H3,(H,21,22)/t13-,15-/m0/s1. The molecule has 2 aromatic rings. The van der Waals surface area contributed by atoms with Crippen molar-refractivity contribution in [3.8, 4) is 0 Å². The molecule has 3 aliphatic rings. The summed E-state index contributed by atoms with van der Waals surface area (Å²) in [5.74, 6) is 1.89. The van der Waals surface area contributed by atoms with Gasteiger partial charge in [0.2, 0.25) is 5.91 Å². The van der Waals surface area contributed by atoms with Crippen LogP contribution in [0, 0.1) is 19.8 Å². The van der Waals surface area contributed by atoms with Gasteiger partial charge in [-0.3, -0.25) is 9.59 Å². The number of piperidine rings is 1. The summed E-state index contributed by atoms with van der Waals surface area (Å²) in [5.41, 5.74) is 2.81. The number of nitrogens with zero attached hydrogens (tertiary/aromatic N) is 4. The molecule has 0 unspecified atom stereocenters. The Morgan fingerprint density at radius 1 is 1.36 bits per heavy atom. The number of carbonyl (C=O) groups is 2. The number of carbonyl (C=O) groups excluding carboxylic acids is 2. The molecule has 0 aromatic carbocycles. The lowest BCUT2D eigenvalue weighted by Crippen LogP contribution is -2.41. The van der Waals surface area contributed by atoms with Gasteiger partial charge in [0.05, 0.1) is 30.0 Å². The molecule has 5 rings (SSSR count). The van der Waals surface area contributed by atoms with E-state index in [1.165, 1.54) is 6.42 Å². The second kappa shape index (κ2) is 6.32. The van der Waals surface area contributed by atoms with Crippen LogP contribution in [-0.4, -0.2) is 46.0 Å². The Morgan fingerprint density at radius 3 is 2.89 bits per heavy atom. The fourth-order valence-corrected chi connectivity index (χ4v) is 4.70. The molecule has 1 aliphatic carbocycles. The van der Waals surface area contributed by atoms with E-state index in [1.807, 2.05) is 18.7 Å². The van der Waals surface area contributed by atoms with Crippen LogP contribution in [0.25, 0.3) is 0 Å². The molecule has 2 amide bonds. The van der Waals surface area contributed by atoms with Crippen molar-refractivity contribution in [1.29, 1.82) is 0 Å². The number of aromatic nitrogens is 2. The maximum absolute atomic E-state index is 13.1. The topological polar surface area (TPSA) is 91.6 Å². The molecule has 1 saturated carbocycles. The van der Waals surface area contributed by atoms with E-state index < -0.39 is 0 Å². The highest BCUT2D eigenvalue weighted by Gasteiger charge is 2.41. The van der Waals surface area contributed by atoms with Gasteiger partial charge in [0.1, 0.15) is 5.76 Å². The summed E-state index contributed by atoms with van der Waals surface area (Å²) in [7, 11) is 0. The molecule has 8 nitrogen and oxygen atoms in total. The van der Waals surface area contributed by atoms with Gasteiger partial charge in [-0.05, 0) is 45.1 Å². The number of hydrogen-bond donors (Lipinski definition) is 1. The molecule has 2 atom stereocenters. The van der Waals surface area contributed by atoms with E-state index in [1.54, 1.807) is 17.2 Å². The van der Waals surface area contributed by atoms with E-state index in [-0.39, 0.29) is 18.4 Å². The first-order chi connectivity index (χ1) is 13.5. The third-order valence-electron chi connectivity index (χ3n) is 6.28. The Morgan fingerprint density at radius 2 is 2.21 bits per heavy atom. The molecule has 28 heavy (non-hydrogen) atoms. The molecule has 2 bridgehead atoms. The van der Waals surface area contributed by atoms with Gasteiger partial charge in [-0.1, -0.05) is 5.16 Å². The highest BCUT2D eigenvalue weighted by molar-refractivity contribution is 6.04. The van der Waals surface area contributed by atoms with Crippen molar-refractivity contribution in [3.05, 3.63) is 34.8 Å². The van der Waals surface area contributed by atoms with Crippen molar-refractivity contribution in [1.82, 2.24) is 15.0 Å². The van der Waals surface area contributed by atoms with Crippen molar-refractivity contribution in [3.63, 3.8) is 0 Å². The summed E-state index contributed by atoms with van der Waals surface area (Å²) in [4.78, 5) is 33.8. The first-order valence-corrected chi connectivity index (χ1v) is 9.78. The fourth-order valence-electron chi connectivity index (χ4n) is 4.70. The van der Waals surface area contributed by atoms with Crippen molar-refractivity contribution in [2.24, 2.45) is 5.92 Å². The molecule has 1 saturated heterocycles. The minimum Gasteiger partial charge on any atom is -0.361 e. The average Bonchev–Trinajstić information content (AvgIpc) is 3.41. The molecule has 0 radical (unpaired) electrons.